The third kappa shape index (κ3) is 7.65. The molecular formula is C21H33NO4. The van der Waals surface area contributed by atoms with Crippen molar-refractivity contribution in [1.29, 1.82) is 0 Å². The van der Waals surface area contributed by atoms with Crippen molar-refractivity contribution in [2.75, 3.05) is 13.2 Å². The maximum absolute atomic E-state index is 11.6. The minimum absolute atomic E-state index is 0.350. The smallest absolute Gasteiger partial charge is 0.407 e. The van der Waals surface area contributed by atoms with Crippen LogP contribution in [0.3, 0.4) is 0 Å². The zero-order chi connectivity index (χ0) is 19.0. The lowest BCUT2D eigenvalue weighted by Crippen LogP contribution is -2.33. The molecule has 0 saturated heterocycles. The number of rotatable bonds is 7. The van der Waals surface area contributed by atoms with Crippen molar-refractivity contribution >= 4 is 6.09 Å². The summed E-state index contributed by atoms with van der Waals surface area (Å²) in [7, 11) is 0. The molecule has 1 aromatic carbocycles. The van der Waals surface area contributed by atoms with E-state index >= 15 is 0 Å². The van der Waals surface area contributed by atoms with E-state index in [1.807, 2.05) is 45.0 Å². The van der Waals surface area contributed by atoms with Crippen LogP contribution in [0.2, 0.25) is 0 Å². The first-order valence-corrected chi connectivity index (χ1v) is 9.71. The van der Waals surface area contributed by atoms with Gasteiger partial charge in [0.1, 0.15) is 11.4 Å². The molecule has 0 aliphatic heterocycles. The maximum Gasteiger partial charge on any atom is 0.407 e. The average Bonchev–Trinajstić information content (AvgIpc) is 2.59. The van der Waals surface area contributed by atoms with E-state index in [0.29, 0.717) is 18.9 Å². The third-order valence-electron chi connectivity index (χ3n) is 4.54. The highest BCUT2D eigenvalue weighted by Gasteiger charge is 2.17. The predicted octanol–water partition coefficient (Wildman–Crippen LogP) is 4.59. The van der Waals surface area contributed by atoms with Crippen LogP contribution in [-0.2, 0) is 4.74 Å². The average molecular weight is 363 g/mol. The second-order valence-electron chi connectivity index (χ2n) is 8.12. The largest absolute Gasteiger partial charge is 0.493 e. The maximum atomic E-state index is 11.6. The molecule has 0 spiro atoms. The van der Waals surface area contributed by atoms with Crippen LogP contribution in [0.25, 0.3) is 0 Å². The van der Waals surface area contributed by atoms with E-state index in [-0.39, 0.29) is 0 Å². The Balaban J connectivity index is 1.76. The summed E-state index contributed by atoms with van der Waals surface area (Å²) in [5, 5.41) is 13.0. The zero-order valence-corrected chi connectivity index (χ0v) is 16.3. The van der Waals surface area contributed by atoms with Crippen molar-refractivity contribution in [3.63, 3.8) is 0 Å². The first-order chi connectivity index (χ1) is 12.3. The second-order valence-corrected chi connectivity index (χ2v) is 8.12. The summed E-state index contributed by atoms with van der Waals surface area (Å²) in [6.07, 6.45) is 5.75. The Labute approximate surface area is 157 Å². The SMILES string of the molecule is CC(C)(C)OC(=O)NCCC(O)c1cccc(OCC2CCCCC2)c1. The van der Waals surface area contributed by atoms with Gasteiger partial charge < -0.3 is 19.9 Å². The second kappa shape index (κ2) is 9.81. The minimum Gasteiger partial charge on any atom is -0.493 e. The van der Waals surface area contributed by atoms with Crippen molar-refractivity contribution in [3.05, 3.63) is 29.8 Å². The van der Waals surface area contributed by atoms with E-state index in [2.05, 4.69) is 5.32 Å². The molecule has 0 aromatic heterocycles. The molecule has 1 unspecified atom stereocenters. The van der Waals surface area contributed by atoms with E-state index < -0.39 is 17.8 Å². The van der Waals surface area contributed by atoms with Crippen molar-refractivity contribution in [2.24, 2.45) is 5.92 Å². The molecule has 2 N–H and O–H groups in total. The van der Waals surface area contributed by atoms with Gasteiger partial charge in [0.2, 0.25) is 0 Å². The summed E-state index contributed by atoms with van der Waals surface area (Å²) in [5.74, 6) is 1.45. The molecule has 26 heavy (non-hydrogen) atoms. The molecule has 1 aliphatic rings. The lowest BCUT2D eigenvalue weighted by Gasteiger charge is -2.22. The Morgan fingerprint density at radius 1 is 1.27 bits per heavy atom. The fourth-order valence-corrected chi connectivity index (χ4v) is 3.17. The Bertz CT molecular complexity index is 561. The summed E-state index contributed by atoms with van der Waals surface area (Å²) >= 11 is 0. The van der Waals surface area contributed by atoms with E-state index in [0.717, 1.165) is 17.9 Å². The molecule has 1 aromatic rings. The summed E-state index contributed by atoms with van der Waals surface area (Å²) in [4.78, 5) is 11.6. The minimum atomic E-state index is -0.650. The number of benzene rings is 1. The fourth-order valence-electron chi connectivity index (χ4n) is 3.17. The van der Waals surface area contributed by atoms with Gasteiger partial charge in [-0.2, -0.15) is 0 Å². The molecular weight excluding hydrogens is 330 g/mol. The first-order valence-electron chi connectivity index (χ1n) is 9.71. The molecule has 1 fully saturated rings. The van der Waals surface area contributed by atoms with Gasteiger partial charge in [0.15, 0.2) is 0 Å². The lowest BCUT2D eigenvalue weighted by atomic mass is 9.90. The van der Waals surface area contributed by atoms with E-state index in [4.69, 9.17) is 9.47 Å². The number of hydrogen-bond acceptors (Lipinski definition) is 4. The Morgan fingerprint density at radius 3 is 2.69 bits per heavy atom. The number of aliphatic hydroxyl groups is 1. The summed E-state index contributed by atoms with van der Waals surface area (Å²) in [6.45, 7) is 6.56. The summed E-state index contributed by atoms with van der Waals surface area (Å²) in [6, 6.07) is 7.60. The normalized spacial score (nSPS) is 16.8. The van der Waals surface area contributed by atoms with Crippen LogP contribution in [0.15, 0.2) is 24.3 Å². The molecule has 1 saturated carbocycles. The highest BCUT2D eigenvalue weighted by Crippen LogP contribution is 2.26. The summed E-state index contributed by atoms with van der Waals surface area (Å²) in [5.41, 5.74) is 0.282. The van der Waals surface area contributed by atoms with Crippen molar-refractivity contribution in [3.8, 4) is 5.75 Å². The number of amides is 1. The number of carbonyl (C=O) groups is 1. The number of aliphatic hydroxyl groups excluding tert-OH is 1. The van der Waals surface area contributed by atoms with Gasteiger partial charge in [-0.25, -0.2) is 4.79 Å². The standard InChI is InChI=1S/C21H33NO4/c1-21(2,3)26-20(24)22-13-12-19(23)17-10-7-11-18(14-17)25-15-16-8-5-4-6-9-16/h7,10-11,14,16,19,23H,4-6,8-9,12-13,15H2,1-3H3,(H,22,24). The van der Waals surface area contributed by atoms with Gasteiger partial charge in [-0.1, -0.05) is 31.4 Å². The number of carbonyl (C=O) groups excluding carboxylic acids is 1. The van der Waals surface area contributed by atoms with Gasteiger partial charge in [-0.3, -0.25) is 0 Å². The van der Waals surface area contributed by atoms with Gasteiger partial charge in [0.05, 0.1) is 12.7 Å². The Hall–Kier alpha value is -1.75. The number of nitrogens with one attached hydrogen (secondary N) is 1. The van der Waals surface area contributed by atoms with E-state index in [1.165, 1.54) is 32.1 Å². The van der Waals surface area contributed by atoms with Gasteiger partial charge >= 0.3 is 6.09 Å². The highest BCUT2D eigenvalue weighted by atomic mass is 16.6. The van der Waals surface area contributed by atoms with Gasteiger partial charge in [-0.15, -0.1) is 0 Å². The Kier molecular flexibility index (Phi) is 7.76. The van der Waals surface area contributed by atoms with Crippen molar-refractivity contribution < 1.29 is 19.4 Å². The molecule has 0 radical (unpaired) electrons. The number of hydrogen-bond donors (Lipinski definition) is 2. The predicted molar refractivity (Wildman–Crippen MR) is 102 cm³/mol. The first kappa shape index (κ1) is 20.6. The van der Waals surface area contributed by atoms with Crippen LogP contribution < -0.4 is 10.1 Å². The van der Waals surface area contributed by atoms with E-state index in [9.17, 15) is 9.90 Å². The monoisotopic (exact) mass is 363 g/mol. The molecule has 1 amide bonds. The van der Waals surface area contributed by atoms with Crippen molar-refractivity contribution in [1.82, 2.24) is 5.32 Å². The number of ether oxygens (including phenoxy) is 2. The van der Waals surface area contributed by atoms with Gasteiger partial charge in [0, 0.05) is 6.54 Å². The molecule has 5 heteroatoms. The lowest BCUT2D eigenvalue weighted by molar-refractivity contribution is 0.0518. The zero-order valence-electron chi connectivity index (χ0n) is 16.3. The van der Waals surface area contributed by atoms with E-state index in [1.54, 1.807) is 0 Å². The Morgan fingerprint density at radius 2 is 2.00 bits per heavy atom. The summed E-state index contributed by atoms with van der Waals surface area (Å²) < 4.78 is 11.1. The quantitative estimate of drug-likeness (QED) is 0.743. The van der Waals surface area contributed by atoms with Crippen LogP contribution >= 0.6 is 0 Å². The molecule has 146 valence electrons. The topological polar surface area (TPSA) is 67.8 Å². The van der Waals surface area contributed by atoms with Crippen LogP contribution in [-0.4, -0.2) is 30.0 Å². The van der Waals surface area contributed by atoms with Gasteiger partial charge in [-0.05, 0) is 63.6 Å². The molecule has 1 atom stereocenters. The molecule has 0 bridgehead atoms. The molecule has 1 aliphatic carbocycles. The van der Waals surface area contributed by atoms with Crippen LogP contribution in [0, 0.1) is 5.92 Å². The van der Waals surface area contributed by atoms with Crippen LogP contribution in [0.1, 0.15) is 71.0 Å². The van der Waals surface area contributed by atoms with Crippen molar-refractivity contribution in [2.45, 2.75) is 71.0 Å². The van der Waals surface area contributed by atoms with Crippen LogP contribution in [0.5, 0.6) is 5.75 Å². The molecule has 0 heterocycles. The molecule has 5 nitrogen and oxygen atoms in total. The fraction of sp³-hybridized carbons (Fsp3) is 0.667. The highest BCUT2D eigenvalue weighted by molar-refractivity contribution is 5.67. The third-order valence-corrected chi connectivity index (χ3v) is 4.54. The number of alkyl carbamates (subject to hydrolysis) is 1. The van der Waals surface area contributed by atoms with Gasteiger partial charge in [0.25, 0.3) is 0 Å². The molecule has 2 rings (SSSR count). The van der Waals surface area contributed by atoms with Crippen LogP contribution in [0.4, 0.5) is 4.79 Å².